The first kappa shape index (κ1) is 16.8. The molecule has 0 saturated carbocycles. The molecule has 7 nitrogen and oxygen atoms in total. The molecular weight excluding hydrogens is 298 g/mol. The highest BCUT2D eigenvalue weighted by molar-refractivity contribution is 5.94. The molecule has 1 aromatic carbocycles. The number of hydrogen-bond donors (Lipinski definition) is 2. The molecule has 2 N–H and O–H groups in total. The lowest BCUT2D eigenvalue weighted by molar-refractivity contribution is 0.0705. The van der Waals surface area contributed by atoms with Gasteiger partial charge in [0.15, 0.2) is 11.5 Å². The van der Waals surface area contributed by atoms with E-state index in [1.54, 1.807) is 29.3 Å². The number of ether oxygens (including phenoxy) is 2. The van der Waals surface area contributed by atoms with Crippen LogP contribution in [0, 0.1) is 6.92 Å². The number of benzene rings is 1. The average molecular weight is 319 g/mol. The summed E-state index contributed by atoms with van der Waals surface area (Å²) in [6.07, 6.45) is 1.68. The van der Waals surface area contributed by atoms with Crippen LogP contribution in [0.3, 0.4) is 0 Å². The SMILES string of the molecule is COc1ccc(C(=O)N(CCO)Cc2cnc(C)[nH]2)cc1OC. The summed E-state index contributed by atoms with van der Waals surface area (Å²) < 4.78 is 10.4. The lowest BCUT2D eigenvalue weighted by Crippen LogP contribution is -2.33. The first-order chi connectivity index (χ1) is 11.1. The molecule has 0 unspecified atom stereocenters. The standard InChI is InChI=1S/C16H21N3O4/c1-11-17-9-13(18-11)10-19(6-7-20)16(21)12-4-5-14(22-2)15(8-12)23-3/h4-5,8-9,20H,6-7,10H2,1-3H3,(H,17,18). The number of rotatable bonds is 7. The highest BCUT2D eigenvalue weighted by atomic mass is 16.5. The van der Waals surface area contributed by atoms with Crippen molar-refractivity contribution < 1.29 is 19.4 Å². The first-order valence-corrected chi connectivity index (χ1v) is 7.21. The van der Waals surface area contributed by atoms with E-state index in [9.17, 15) is 9.90 Å². The van der Waals surface area contributed by atoms with Gasteiger partial charge in [0.05, 0.1) is 39.3 Å². The van der Waals surface area contributed by atoms with Gasteiger partial charge in [0.2, 0.25) is 0 Å². The number of H-pyrrole nitrogens is 1. The fourth-order valence-corrected chi connectivity index (χ4v) is 2.28. The van der Waals surface area contributed by atoms with Gasteiger partial charge in [-0.05, 0) is 25.1 Å². The van der Waals surface area contributed by atoms with Crippen LogP contribution in [0.2, 0.25) is 0 Å². The fraction of sp³-hybridized carbons (Fsp3) is 0.375. The van der Waals surface area contributed by atoms with Crippen LogP contribution in [0.15, 0.2) is 24.4 Å². The third-order valence-electron chi connectivity index (χ3n) is 3.40. The van der Waals surface area contributed by atoms with Gasteiger partial charge in [-0.15, -0.1) is 0 Å². The zero-order valence-corrected chi connectivity index (χ0v) is 13.5. The molecule has 2 rings (SSSR count). The molecule has 0 saturated heterocycles. The number of aromatic nitrogens is 2. The highest BCUT2D eigenvalue weighted by Gasteiger charge is 2.18. The minimum atomic E-state index is -0.202. The zero-order valence-electron chi connectivity index (χ0n) is 13.5. The number of carbonyl (C=O) groups excluding carboxylic acids is 1. The van der Waals surface area contributed by atoms with E-state index in [-0.39, 0.29) is 19.1 Å². The third-order valence-corrected chi connectivity index (χ3v) is 3.40. The second-order valence-corrected chi connectivity index (χ2v) is 5.01. The van der Waals surface area contributed by atoms with Crippen LogP contribution >= 0.6 is 0 Å². The zero-order chi connectivity index (χ0) is 16.8. The van der Waals surface area contributed by atoms with Gasteiger partial charge in [-0.1, -0.05) is 0 Å². The lowest BCUT2D eigenvalue weighted by atomic mass is 10.1. The molecule has 1 amide bonds. The van der Waals surface area contributed by atoms with Crippen molar-refractivity contribution in [3.63, 3.8) is 0 Å². The van der Waals surface area contributed by atoms with E-state index in [1.807, 2.05) is 6.92 Å². The number of nitrogens with one attached hydrogen (secondary N) is 1. The molecule has 0 fully saturated rings. The molecule has 7 heteroatoms. The third kappa shape index (κ3) is 4.01. The number of aromatic amines is 1. The van der Waals surface area contributed by atoms with Crippen molar-refractivity contribution in [2.24, 2.45) is 0 Å². The molecule has 2 aromatic rings. The fourth-order valence-electron chi connectivity index (χ4n) is 2.28. The average Bonchev–Trinajstić information content (AvgIpc) is 2.98. The molecular formula is C16H21N3O4. The topological polar surface area (TPSA) is 87.7 Å². The molecule has 1 heterocycles. The molecule has 1 aromatic heterocycles. The van der Waals surface area contributed by atoms with Crippen molar-refractivity contribution in [1.82, 2.24) is 14.9 Å². The Labute approximate surface area is 134 Å². The molecule has 0 aliphatic rings. The Morgan fingerprint density at radius 2 is 2.04 bits per heavy atom. The van der Waals surface area contributed by atoms with Gasteiger partial charge in [-0.2, -0.15) is 0 Å². The maximum atomic E-state index is 12.7. The Morgan fingerprint density at radius 1 is 1.30 bits per heavy atom. The number of methoxy groups -OCH3 is 2. The summed E-state index contributed by atoms with van der Waals surface area (Å²) in [4.78, 5) is 21.4. The predicted octanol–water partition coefficient (Wildman–Crippen LogP) is 1.37. The molecule has 0 bridgehead atoms. The summed E-state index contributed by atoms with van der Waals surface area (Å²) in [5.41, 5.74) is 1.28. The first-order valence-electron chi connectivity index (χ1n) is 7.21. The minimum Gasteiger partial charge on any atom is -0.493 e. The number of hydrogen-bond acceptors (Lipinski definition) is 5. The van der Waals surface area contributed by atoms with E-state index < -0.39 is 0 Å². The number of aryl methyl sites for hydroxylation is 1. The molecule has 0 spiro atoms. The number of nitrogens with zero attached hydrogens (tertiary/aromatic N) is 2. The highest BCUT2D eigenvalue weighted by Crippen LogP contribution is 2.28. The Balaban J connectivity index is 2.23. The summed E-state index contributed by atoms with van der Waals surface area (Å²) in [6.45, 7) is 2.29. The summed E-state index contributed by atoms with van der Waals surface area (Å²) in [5.74, 6) is 1.62. The van der Waals surface area contributed by atoms with Gasteiger partial charge >= 0.3 is 0 Å². The second kappa shape index (κ2) is 7.64. The number of aliphatic hydroxyl groups is 1. The Bertz CT molecular complexity index is 669. The molecule has 0 aliphatic heterocycles. The largest absolute Gasteiger partial charge is 0.493 e. The van der Waals surface area contributed by atoms with Crippen molar-refractivity contribution in [3.05, 3.63) is 41.5 Å². The predicted molar refractivity (Wildman–Crippen MR) is 84.7 cm³/mol. The van der Waals surface area contributed by atoms with Crippen LogP contribution < -0.4 is 9.47 Å². The number of carbonyl (C=O) groups is 1. The van der Waals surface area contributed by atoms with Gasteiger partial charge in [0.1, 0.15) is 5.82 Å². The molecule has 23 heavy (non-hydrogen) atoms. The molecule has 124 valence electrons. The van der Waals surface area contributed by atoms with Gasteiger partial charge < -0.3 is 24.5 Å². The van der Waals surface area contributed by atoms with Gasteiger partial charge in [0.25, 0.3) is 5.91 Å². The summed E-state index contributed by atoms with van der Waals surface area (Å²) >= 11 is 0. The molecule has 0 aliphatic carbocycles. The Kier molecular flexibility index (Phi) is 5.59. The van der Waals surface area contributed by atoms with Crippen LogP contribution in [0.4, 0.5) is 0 Å². The van der Waals surface area contributed by atoms with Crippen LogP contribution in [0.25, 0.3) is 0 Å². The van der Waals surface area contributed by atoms with E-state index in [1.165, 1.54) is 14.2 Å². The minimum absolute atomic E-state index is 0.119. The maximum absolute atomic E-state index is 12.7. The monoisotopic (exact) mass is 319 g/mol. The van der Waals surface area contributed by atoms with Crippen LogP contribution in [-0.4, -0.2) is 53.3 Å². The van der Waals surface area contributed by atoms with E-state index in [0.29, 0.717) is 23.6 Å². The van der Waals surface area contributed by atoms with E-state index in [0.717, 1.165) is 11.5 Å². The Hall–Kier alpha value is -2.54. The summed E-state index contributed by atoms with van der Waals surface area (Å²) in [6, 6.07) is 4.99. The van der Waals surface area contributed by atoms with Crippen molar-refractivity contribution in [3.8, 4) is 11.5 Å². The quantitative estimate of drug-likeness (QED) is 0.805. The van der Waals surface area contributed by atoms with E-state index >= 15 is 0 Å². The summed E-state index contributed by atoms with van der Waals surface area (Å²) in [7, 11) is 3.06. The number of amides is 1. The maximum Gasteiger partial charge on any atom is 0.254 e. The Morgan fingerprint density at radius 3 is 2.61 bits per heavy atom. The number of imidazole rings is 1. The molecule has 0 radical (unpaired) electrons. The number of aliphatic hydroxyl groups excluding tert-OH is 1. The van der Waals surface area contributed by atoms with Crippen molar-refractivity contribution >= 4 is 5.91 Å². The van der Waals surface area contributed by atoms with Gasteiger partial charge in [-0.3, -0.25) is 4.79 Å². The van der Waals surface area contributed by atoms with Crippen molar-refractivity contribution in [2.45, 2.75) is 13.5 Å². The smallest absolute Gasteiger partial charge is 0.254 e. The van der Waals surface area contributed by atoms with Crippen LogP contribution in [0.1, 0.15) is 21.9 Å². The van der Waals surface area contributed by atoms with E-state index in [2.05, 4.69) is 9.97 Å². The van der Waals surface area contributed by atoms with Gasteiger partial charge in [0, 0.05) is 12.1 Å². The van der Waals surface area contributed by atoms with Crippen LogP contribution in [-0.2, 0) is 6.54 Å². The molecule has 0 atom stereocenters. The lowest BCUT2D eigenvalue weighted by Gasteiger charge is -2.21. The second-order valence-electron chi connectivity index (χ2n) is 5.01. The van der Waals surface area contributed by atoms with Gasteiger partial charge in [-0.25, -0.2) is 4.98 Å². The van der Waals surface area contributed by atoms with Crippen molar-refractivity contribution in [1.29, 1.82) is 0 Å². The van der Waals surface area contributed by atoms with Crippen molar-refractivity contribution in [2.75, 3.05) is 27.4 Å². The van der Waals surface area contributed by atoms with E-state index in [4.69, 9.17) is 9.47 Å². The van der Waals surface area contributed by atoms with Crippen LogP contribution in [0.5, 0.6) is 11.5 Å². The summed E-state index contributed by atoms with van der Waals surface area (Å²) in [5, 5.41) is 9.23. The normalized spacial score (nSPS) is 10.4.